The molecule has 1 aromatic rings. The zero-order valence-electron chi connectivity index (χ0n) is 11.3. The van der Waals surface area contributed by atoms with E-state index < -0.39 is 0 Å². The van der Waals surface area contributed by atoms with Crippen molar-refractivity contribution in [1.29, 1.82) is 0 Å². The van der Waals surface area contributed by atoms with Crippen LogP contribution in [0.3, 0.4) is 0 Å². The number of ether oxygens (including phenoxy) is 1. The Morgan fingerprint density at radius 3 is 2.47 bits per heavy atom. The van der Waals surface area contributed by atoms with Gasteiger partial charge in [0.2, 0.25) is 0 Å². The Morgan fingerprint density at radius 1 is 1.29 bits per heavy atom. The van der Waals surface area contributed by atoms with Gasteiger partial charge in [-0.2, -0.15) is 0 Å². The van der Waals surface area contributed by atoms with Crippen LogP contribution in [0.5, 0.6) is 5.75 Å². The SMILES string of the molecule is COc1c(C)cc(C)cc1C(N)C(C)CCN. The summed E-state index contributed by atoms with van der Waals surface area (Å²) in [5, 5.41) is 0. The van der Waals surface area contributed by atoms with E-state index >= 15 is 0 Å². The van der Waals surface area contributed by atoms with Crippen molar-refractivity contribution in [1.82, 2.24) is 0 Å². The van der Waals surface area contributed by atoms with Gasteiger partial charge in [0.1, 0.15) is 5.75 Å². The van der Waals surface area contributed by atoms with Gasteiger partial charge in [-0.1, -0.05) is 24.6 Å². The summed E-state index contributed by atoms with van der Waals surface area (Å²) in [5.74, 6) is 1.27. The summed E-state index contributed by atoms with van der Waals surface area (Å²) in [6, 6.07) is 4.21. The lowest BCUT2D eigenvalue weighted by molar-refractivity contribution is 0.383. The predicted molar refractivity (Wildman–Crippen MR) is 72.2 cm³/mol. The molecule has 96 valence electrons. The fourth-order valence-electron chi connectivity index (χ4n) is 2.26. The summed E-state index contributed by atoms with van der Waals surface area (Å²) in [6.07, 6.45) is 0.928. The first-order valence-corrected chi connectivity index (χ1v) is 6.12. The second-order valence-corrected chi connectivity index (χ2v) is 4.78. The van der Waals surface area contributed by atoms with Crippen LogP contribution in [0.25, 0.3) is 0 Å². The van der Waals surface area contributed by atoms with Gasteiger partial charge in [-0.3, -0.25) is 0 Å². The molecule has 2 atom stereocenters. The van der Waals surface area contributed by atoms with Crippen LogP contribution in [0.1, 0.15) is 36.1 Å². The third-order valence-electron chi connectivity index (χ3n) is 3.25. The van der Waals surface area contributed by atoms with E-state index in [9.17, 15) is 0 Å². The lowest BCUT2D eigenvalue weighted by Gasteiger charge is -2.23. The number of hydrogen-bond donors (Lipinski definition) is 2. The zero-order chi connectivity index (χ0) is 13.0. The van der Waals surface area contributed by atoms with Crippen LogP contribution in [0, 0.1) is 19.8 Å². The van der Waals surface area contributed by atoms with Gasteiger partial charge in [0, 0.05) is 11.6 Å². The van der Waals surface area contributed by atoms with Crippen molar-refractivity contribution in [2.75, 3.05) is 13.7 Å². The molecule has 0 amide bonds. The first-order chi connectivity index (χ1) is 8.01. The summed E-state index contributed by atoms with van der Waals surface area (Å²) in [7, 11) is 1.70. The molecule has 0 spiro atoms. The van der Waals surface area contributed by atoms with Crippen LogP contribution in [-0.2, 0) is 0 Å². The molecule has 0 saturated carbocycles. The highest BCUT2D eigenvalue weighted by atomic mass is 16.5. The minimum Gasteiger partial charge on any atom is -0.496 e. The van der Waals surface area contributed by atoms with Gasteiger partial charge in [-0.15, -0.1) is 0 Å². The highest BCUT2D eigenvalue weighted by Gasteiger charge is 2.19. The molecule has 0 fully saturated rings. The number of benzene rings is 1. The van der Waals surface area contributed by atoms with Crippen LogP contribution < -0.4 is 16.2 Å². The summed E-state index contributed by atoms with van der Waals surface area (Å²) in [5.41, 5.74) is 15.3. The van der Waals surface area contributed by atoms with Gasteiger partial charge in [0.15, 0.2) is 0 Å². The molecule has 3 nitrogen and oxygen atoms in total. The molecular weight excluding hydrogens is 212 g/mol. The van der Waals surface area contributed by atoms with E-state index in [1.807, 2.05) is 0 Å². The fraction of sp³-hybridized carbons (Fsp3) is 0.571. The molecule has 1 aromatic carbocycles. The van der Waals surface area contributed by atoms with Gasteiger partial charge in [-0.25, -0.2) is 0 Å². The zero-order valence-corrected chi connectivity index (χ0v) is 11.3. The number of rotatable bonds is 5. The minimum absolute atomic E-state index is 0.0212. The van der Waals surface area contributed by atoms with E-state index in [4.69, 9.17) is 16.2 Å². The predicted octanol–water partition coefficient (Wildman–Crippen LogP) is 2.30. The molecule has 0 aliphatic heterocycles. The third kappa shape index (κ3) is 3.20. The molecule has 2 unspecified atom stereocenters. The average Bonchev–Trinajstić information content (AvgIpc) is 2.27. The second-order valence-electron chi connectivity index (χ2n) is 4.78. The quantitative estimate of drug-likeness (QED) is 0.824. The number of nitrogens with two attached hydrogens (primary N) is 2. The summed E-state index contributed by atoms with van der Waals surface area (Å²) >= 11 is 0. The normalized spacial score (nSPS) is 14.5. The van der Waals surface area contributed by atoms with Gasteiger partial charge in [-0.05, 0) is 38.3 Å². The first-order valence-electron chi connectivity index (χ1n) is 6.12. The van der Waals surface area contributed by atoms with Crippen molar-refractivity contribution in [3.8, 4) is 5.75 Å². The lowest BCUT2D eigenvalue weighted by Crippen LogP contribution is -2.22. The molecule has 1 rings (SSSR count). The largest absolute Gasteiger partial charge is 0.496 e. The van der Waals surface area contributed by atoms with Gasteiger partial charge < -0.3 is 16.2 Å². The van der Waals surface area contributed by atoms with Crippen molar-refractivity contribution in [2.24, 2.45) is 17.4 Å². The Hall–Kier alpha value is -1.06. The molecule has 17 heavy (non-hydrogen) atoms. The molecule has 0 saturated heterocycles. The first kappa shape index (κ1) is 14.0. The summed E-state index contributed by atoms with van der Waals surface area (Å²) in [4.78, 5) is 0. The standard InChI is InChI=1S/C14H24N2O/c1-9-7-11(3)14(17-4)12(8-9)13(16)10(2)5-6-15/h7-8,10,13H,5-6,15-16H2,1-4H3. The highest BCUT2D eigenvalue weighted by molar-refractivity contribution is 5.45. The Bertz CT molecular complexity index is 377. The van der Waals surface area contributed by atoms with Crippen molar-refractivity contribution in [2.45, 2.75) is 33.2 Å². The minimum atomic E-state index is -0.0212. The molecular formula is C14H24N2O. The second kappa shape index (κ2) is 6.03. The van der Waals surface area contributed by atoms with Crippen LogP contribution in [0.2, 0.25) is 0 Å². The average molecular weight is 236 g/mol. The van der Waals surface area contributed by atoms with E-state index in [2.05, 4.69) is 32.9 Å². The van der Waals surface area contributed by atoms with Crippen molar-refractivity contribution in [3.63, 3.8) is 0 Å². The van der Waals surface area contributed by atoms with Gasteiger partial charge in [0.25, 0.3) is 0 Å². The summed E-state index contributed by atoms with van der Waals surface area (Å²) < 4.78 is 5.47. The molecule has 0 heterocycles. The maximum absolute atomic E-state index is 6.30. The fourth-order valence-corrected chi connectivity index (χ4v) is 2.26. The van der Waals surface area contributed by atoms with Crippen LogP contribution in [0.4, 0.5) is 0 Å². The van der Waals surface area contributed by atoms with Crippen LogP contribution >= 0.6 is 0 Å². The van der Waals surface area contributed by atoms with Crippen molar-refractivity contribution >= 4 is 0 Å². The Kier molecular flexibility index (Phi) is 4.97. The maximum Gasteiger partial charge on any atom is 0.126 e. The lowest BCUT2D eigenvalue weighted by atomic mass is 9.90. The molecule has 0 aliphatic carbocycles. The van der Waals surface area contributed by atoms with E-state index in [1.165, 1.54) is 5.56 Å². The van der Waals surface area contributed by atoms with Gasteiger partial charge >= 0.3 is 0 Å². The van der Waals surface area contributed by atoms with Crippen LogP contribution in [0.15, 0.2) is 12.1 Å². The molecule has 0 aromatic heterocycles. The van der Waals surface area contributed by atoms with E-state index in [0.29, 0.717) is 12.5 Å². The van der Waals surface area contributed by atoms with Crippen LogP contribution in [-0.4, -0.2) is 13.7 Å². The van der Waals surface area contributed by atoms with Crippen molar-refractivity contribution in [3.05, 3.63) is 28.8 Å². The monoisotopic (exact) mass is 236 g/mol. The Balaban J connectivity index is 3.11. The topological polar surface area (TPSA) is 61.3 Å². The summed E-state index contributed by atoms with van der Waals surface area (Å²) in [6.45, 7) is 6.93. The number of aryl methyl sites for hydroxylation is 2. The number of hydrogen-bond acceptors (Lipinski definition) is 3. The van der Waals surface area contributed by atoms with Crippen molar-refractivity contribution < 1.29 is 4.74 Å². The highest BCUT2D eigenvalue weighted by Crippen LogP contribution is 2.33. The molecule has 0 bridgehead atoms. The molecule has 0 aliphatic rings. The smallest absolute Gasteiger partial charge is 0.126 e. The van der Waals surface area contributed by atoms with E-state index in [-0.39, 0.29) is 6.04 Å². The molecule has 0 radical (unpaired) electrons. The van der Waals surface area contributed by atoms with E-state index in [0.717, 1.165) is 23.3 Å². The third-order valence-corrected chi connectivity index (χ3v) is 3.25. The molecule has 3 heteroatoms. The Morgan fingerprint density at radius 2 is 1.94 bits per heavy atom. The maximum atomic E-state index is 6.30. The number of methoxy groups -OCH3 is 1. The van der Waals surface area contributed by atoms with Gasteiger partial charge in [0.05, 0.1) is 7.11 Å². The van der Waals surface area contributed by atoms with E-state index in [1.54, 1.807) is 7.11 Å². The Labute approximate surface area is 104 Å². The molecule has 4 N–H and O–H groups in total.